The van der Waals surface area contributed by atoms with E-state index in [4.69, 9.17) is 0 Å². The lowest BCUT2D eigenvalue weighted by atomic mass is 9.97. The standard InChI is InChI=1S/C23H23N3O/c27-23-13-14-25-22(21-12-6-10-19-9-4-5-11-20(19)21)16-24(17-26(23)25)15-18-7-2-1-3-8-18/h1-12,22H,13-17H2. The summed E-state index contributed by atoms with van der Waals surface area (Å²) in [6, 6.07) is 25.8. The summed E-state index contributed by atoms with van der Waals surface area (Å²) in [6.45, 7) is 3.27. The second-order valence-corrected chi connectivity index (χ2v) is 7.43. The molecular formula is C23H23N3O. The van der Waals surface area contributed by atoms with Gasteiger partial charge in [0.25, 0.3) is 0 Å². The molecule has 1 amide bonds. The number of hydrazine groups is 1. The summed E-state index contributed by atoms with van der Waals surface area (Å²) < 4.78 is 0. The maximum absolute atomic E-state index is 12.5. The molecule has 3 aromatic rings. The monoisotopic (exact) mass is 357 g/mol. The van der Waals surface area contributed by atoms with Crippen molar-refractivity contribution in [1.29, 1.82) is 0 Å². The topological polar surface area (TPSA) is 26.8 Å². The first-order valence-electron chi connectivity index (χ1n) is 9.60. The molecule has 2 fully saturated rings. The molecule has 2 saturated heterocycles. The summed E-state index contributed by atoms with van der Waals surface area (Å²) in [6.07, 6.45) is 0.612. The molecule has 0 saturated carbocycles. The number of hydrogen-bond donors (Lipinski definition) is 0. The van der Waals surface area contributed by atoms with E-state index in [0.29, 0.717) is 13.1 Å². The first-order valence-corrected chi connectivity index (χ1v) is 9.60. The second kappa shape index (κ2) is 6.80. The minimum Gasteiger partial charge on any atom is -0.278 e. The van der Waals surface area contributed by atoms with Crippen molar-refractivity contribution in [2.75, 3.05) is 19.8 Å². The highest BCUT2D eigenvalue weighted by Crippen LogP contribution is 2.35. The van der Waals surface area contributed by atoms with Crippen LogP contribution in [-0.4, -0.2) is 40.6 Å². The lowest BCUT2D eigenvalue weighted by Crippen LogP contribution is -2.55. The average molecular weight is 357 g/mol. The Labute approximate surface area is 159 Å². The van der Waals surface area contributed by atoms with Gasteiger partial charge in [-0.25, -0.2) is 5.01 Å². The highest BCUT2D eigenvalue weighted by Gasteiger charge is 2.40. The number of rotatable bonds is 3. The van der Waals surface area contributed by atoms with E-state index in [1.54, 1.807) is 0 Å². The van der Waals surface area contributed by atoms with E-state index in [1.807, 2.05) is 11.1 Å². The van der Waals surface area contributed by atoms with E-state index in [0.717, 1.165) is 19.6 Å². The molecule has 0 radical (unpaired) electrons. The molecule has 4 nitrogen and oxygen atoms in total. The van der Waals surface area contributed by atoms with Gasteiger partial charge in [-0.3, -0.25) is 14.7 Å². The maximum atomic E-state index is 12.5. The Morgan fingerprint density at radius 1 is 0.889 bits per heavy atom. The lowest BCUT2D eigenvalue weighted by Gasteiger charge is -2.45. The summed E-state index contributed by atoms with van der Waals surface area (Å²) in [5.41, 5.74) is 2.60. The molecule has 3 aromatic carbocycles. The van der Waals surface area contributed by atoms with Crippen LogP contribution in [0.4, 0.5) is 0 Å². The van der Waals surface area contributed by atoms with Gasteiger partial charge in [-0.05, 0) is 21.9 Å². The number of hydrogen-bond acceptors (Lipinski definition) is 3. The van der Waals surface area contributed by atoms with Gasteiger partial charge >= 0.3 is 0 Å². The summed E-state index contributed by atoms with van der Waals surface area (Å²) in [5.74, 6) is 0.234. The van der Waals surface area contributed by atoms with Crippen molar-refractivity contribution in [3.63, 3.8) is 0 Å². The van der Waals surface area contributed by atoms with Crippen molar-refractivity contribution in [2.24, 2.45) is 0 Å². The zero-order valence-electron chi connectivity index (χ0n) is 15.3. The van der Waals surface area contributed by atoms with E-state index in [1.165, 1.54) is 21.9 Å². The van der Waals surface area contributed by atoms with Crippen LogP contribution >= 0.6 is 0 Å². The highest BCUT2D eigenvalue weighted by molar-refractivity contribution is 5.86. The maximum Gasteiger partial charge on any atom is 0.239 e. The molecule has 0 aromatic heterocycles. The van der Waals surface area contributed by atoms with Gasteiger partial charge in [-0.15, -0.1) is 0 Å². The Bertz CT molecular complexity index is 966. The van der Waals surface area contributed by atoms with E-state index < -0.39 is 0 Å². The van der Waals surface area contributed by atoms with Crippen molar-refractivity contribution in [3.8, 4) is 0 Å². The van der Waals surface area contributed by atoms with Crippen LogP contribution in [0.3, 0.4) is 0 Å². The van der Waals surface area contributed by atoms with Crippen molar-refractivity contribution in [2.45, 2.75) is 19.0 Å². The molecule has 0 spiro atoms. The van der Waals surface area contributed by atoms with Crippen LogP contribution in [0.2, 0.25) is 0 Å². The molecule has 0 N–H and O–H groups in total. The van der Waals surface area contributed by atoms with Crippen LogP contribution in [0, 0.1) is 0 Å². The lowest BCUT2D eigenvalue weighted by molar-refractivity contribution is -0.158. The van der Waals surface area contributed by atoms with E-state index in [2.05, 4.69) is 76.6 Å². The molecule has 2 heterocycles. The molecule has 1 atom stereocenters. The Hall–Kier alpha value is -2.69. The van der Waals surface area contributed by atoms with Crippen LogP contribution in [0.15, 0.2) is 72.8 Å². The Kier molecular flexibility index (Phi) is 4.15. The molecule has 27 heavy (non-hydrogen) atoms. The molecular weight excluding hydrogens is 334 g/mol. The number of benzene rings is 3. The zero-order chi connectivity index (χ0) is 18.2. The highest BCUT2D eigenvalue weighted by atomic mass is 16.2. The third-order valence-corrected chi connectivity index (χ3v) is 5.71. The zero-order valence-corrected chi connectivity index (χ0v) is 15.3. The summed E-state index contributed by atoms with van der Waals surface area (Å²) in [4.78, 5) is 14.9. The molecule has 2 aliphatic heterocycles. The minimum absolute atomic E-state index is 0.194. The Morgan fingerprint density at radius 2 is 1.67 bits per heavy atom. The number of carbonyl (C=O) groups is 1. The fraction of sp³-hybridized carbons (Fsp3) is 0.261. The van der Waals surface area contributed by atoms with Gasteiger partial charge < -0.3 is 0 Å². The third-order valence-electron chi connectivity index (χ3n) is 5.71. The van der Waals surface area contributed by atoms with E-state index >= 15 is 0 Å². The normalized spacial score (nSPS) is 21.0. The predicted molar refractivity (Wildman–Crippen MR) is 107 cm³/mol. The molecule has 1 unspecified atom stereocenters. The fourth-order valence-corrected chi connectivity index (χ4v) is 4.43. The van der Waals surface area contributed by atoms with Gasteiger partial charge in [0, 0.05) is 26.1 Å². The largest absolute Gasteiger partial charge is 0.278 e. The molecule has 4 heteroatoms. The van der Waals surface area contributed by atoms with E-state index in [-0.39, 0.29) is 11.9 Å². The smallest absolute Gasteiger partial charge is 0.239 e. The molecule has 5 rings (SSSR count). The first-order chi connectivity index (χ1) is 13.3. The fourth-order valence-electron chi connectivity index (χ4n) is 4.43. The van der Waals surface area contributed by atoms with Gasteiger partial charge in [-0.2, -0.15) is 0 Å². The van der Waals surface area contributed by atoms with Crippen LogP contribution in [0.1, 0.15) is 23.6 Å². The Morgan fingerprint density at radius 3 is 2.56 bits per heavy atom. The average Bonchev–Trinajstić information content (AvgIpc) is 3.09. The second-order valence-electron chi connectivity index (χ2n) is 7.43. The number of nitrogens with zero attached hydrogens (tertiary/aromatic N) is 3. The van der Waals surface area contributed by atoms with Crippen molar-refractivity contribution in [1.82, 2.24) is 14.9 Å². The number of amides is 1. The summed E-state index contributed by atoms with van der Waals surface area (Å²) in [5, 5.41) is 6.78. The van der Waals surface area contributed by atoms with Crippen LogP contribution < -0.4 is 0 Å². The van der Waals surface area contributed by atoms with Gasteiger partial charge in [0.1, 0.15) is 0 Å². The minimum atomic E-state index is 0.194. The summed E-state index contributed by atoms with van der Waals surface area (Å²) >= 11 is 0. The van der Waals surface area contributed by atoms with Gasteiger partial charge in [0.2, 0.25) is 5.91 Å². The molecule has 136 valence electrons. The van der Waals surface area contributed by atoms with Crippen molar-refractivity contribution in [3.05, 3.63) is 83.9 Å². The SMILES string of the molecule is O=C1CCN2C(c3cccc4ccccc34)CN(Cc3ccccc3)CN12. The van der Waals surface area contributed by atoms with Crippen molar-refractivity contribution >= 4 is 16.7 Å². The van der Waals surface area contributed by atoms with Crippen LogP contribution in [0.25, 0.3) is 10.8 Å². The molecule has 2 aliphatic rings. The predicted octanol–water partition coefficient (Wildman–Crippen LogP) is 3.80. The number of fused-ring (bicyclic) bond motifs is 2. The van der Waals surface area contributed by atoms with Gasteiger partial charge in [0.05, 0.1) is 12.7 Å². The van der Waals surface area contributed by atoms with Crippen LogP contribution in [0.5, 0.6) is 0 Å². The van der Waals surface area contributed by atoms with Crippen LogP contribution in [-0.2, 0) is 11.3 Å². The molecule has 0 aliphatic carbocycles. The van der Waals surface area contributed by atoms with Gasteiger partial charge in [-0.1, -0.05) is 72.8 Å². The third kappa shape index (κ3) is 3.01. The number of carbonyl (C=O) groups excluding carboxylic acids is 1. The quantitative estimate of drug-likeness (QED) is 0.713. The van der Waals surface area contributed by atoms with Gasteiger partial charge in [0.15, 0.2) is 0 Å². The summed E-state index contributed by atoms with van der Waals surface area (Å²) in [7, 11) is 0. The first kappa shape index (κ1) is 16.5. The Balaban J connectivity index is 1.52. The molecule has 0 bridgehead atoms. The van der Waals surface area contributed by atoms with E-state index in [9.17, 15) is 4.79 Å². The van der Waals surface area contributed by atoms with Crippen molar-refractivity contribution < 1.29 is 4.79 Å².